The first-order chi connectivity index (χ1) is 8.58. The number of benzene rings is 1. The molecule has 0 aliphatic heterocycles. The van der Waals surface area contributed by atoms with Gasteiger partial charge in [0.05, 0.1) is 9.61 Å². The molecule has 0 fully saturated rings. The van der Waals surface area contributed by atoms with Gasteiger partial charge >= 0.3 is 0 Å². The van der Waals surface area contributed by atoms with Gasteiger partial charge in [-0.2, -0.15) is 0 Å². The van der Waals surface area contributed by atoms with Crippen LogP contribution >= 0.6 is 33.9 Å². The molecule has 94 valence electrons. The minimum Gasteiger partial charge on any atom is -0.507 e. The number of phenolic OH excluding ortho intramolecular Hbond substituents is 1. The minimum atomic E-state index is -0.218. The Morgan fingerprint density at radius 3 is 2.94 bits per heavy atom. The third-order valence-corrected chi connectivity index (χ3v) is 4.25. The molecule has 1 amide bonds. The number of rotatable bonds is 3. The van der Waals surface area contributed by atoms with Gasteiger partial charge in [0.2, 0.25) is 0 Å². The Morgan fingerprint density at radius 2 is 2.33 bits per heavy atom. The number of phenols is 1. The molecule has 1 atom stereocenters. The summed E-state index contributed by atoms with van der Waals surface area (Å²) in [7, 11) is 0. The summed E-state index contributed by atoms with van der Waals surface area (Å²) < 4.78 is 0.720. The molecule has 0 saturated heterocycles. The highest BCUT2D eigenvalue weighted by molar-refractivity contribution is 14.1. The first kappa shape index (κ1) is 13.3. The molecule has 0 aliphatic carbocycles. The van der Waals surface area contributed by atoms with Crippen LogP contribution in [0.3, 0.4) is 0 Å². The van der Waals surface area contributed by atoms with Crippen molar-refractivity contribution in [2.24, 2.45) is 0 Å². The van der Waals surface area contributed by atoms with E-state index >= 15 is 0 Å². The number of thiazole rings is 1. The lowest BCUT2D eigenvalue weighted by Crippen LogP contribution is -2.26. The maximum atomic E-state index is 12.0. The fraction of sp³-hybridized carbons (Fsp3) is 0.167. The molecule has 2 rings (SSSR count). The Morgan fingerprint density at radius 1 is 1.56 bits per heavy atom. The highest BCUT2D eigenvalue weighted by Gasteiger charge is 2.14. The number of hydrogen-bond acceptors (Lipinski definition) is 4. The second kappa shape index (κ2) is 5.66. The topological polar surface area (TPSA) is 62.2 Å². The van der Waals surface area contributed by atoms with Gasteiger partial charge in [-0.15, -0.1) is 11.3 Å². The number of aromatic nitrogens is 1. The lowest BCUT2D eigenvalue weighted by Gasteiger charge is -2.11. The van der Waals surface area contributed by atoms with Crippen LogP contribution in [0.15, 0.2) is 29.8 Å². The van der Waals surface area contributed by atoms with E-state index in [-0.39, 0.29) is 17.7 Å². The first-order valence-corrected chi connectivity index (χ1v) is 7.22. The number of hydrogen-bond donors (Lipinski definition) is 2. The number of nitrogens with one attached hydrogen (secondary N) is 1. The van der Waals surface area contributed by atoms with Crippen LogP contribution < -0.4 is 5.32 Å². The number of amides is 1. The maximum Gasteiger partial charge on any atom is 0.251 e. The van der Waals surface area contributed by atoms with Crippen LogP contribution in [0.25, 0.3) is 0 Å². The van der Waals surface area contributed by atoms with Crippen molar-refractivity contribution in [3.05, 3.63) is 43.9 Å². The van der Waals surface area contributed by atoms with Gasteiger partial charge in [0.1, 0.15) is 10.8 Å². The average Bonchev–Trinajstić information content (AvgIpc) is 2.86. The van der Waals surface area contributed by atoms with Crippen LogP contribution in [0.4, 0.5) is 0 Å². The summed E-state index contributed by atoms with van der Waals surface area (Å²) >= 11 is 3.51. The van der Waals surface area contributed by atoms with Crippen LogP contribution in [0.1, 0.15) is 28.3 Å². The smallest absolute Gasteiger partial charge is 0.251 e. The van der Waals surface area contributed by atoms with E-state index in [1.165, 1.54) is 17.4 Å². The predicted molar refractivity (Wildman–Crippen MR) is 78.8 cm³/mol. The average molecular weight is 374 g/mol. The number of carbonyl (C=O) groups excluding carboxylic acids is 1. The van der Waals surface area contributed by atoms with Crippen molar-refractivity contribution in [2.45, 2.75) is 13.0 Å². The standard InChI is InChI=1S/C12H11IN2O2S/c1-7(12-14-4-5-18-12)15-11(17)8-2-3-9(13)10(16)6-8/h2-7,16H,1H3,(H,15,17). The fourth-order valence-electron chi connectivity index (χ4n) is 1.44. The Labute approximate surface area is 122 Å². The normalized spacial score (nSPS) is 12.1. The molecule has 1 heterocycles. The monoisotopic (exact) mass is 374 g/mol. The number of carbonyl (C=O) groups is 1. The van der Waals surface area contributed by atoms with Gasteiger partial charge in [0.25, 0.3) is 5.91 Å². The van der Waals surface area contributed by atoms with Crippen LogP contribution in [-0.2, 0) is 0 Å². The molecule has 1 unspecified atom stereocenters. The van der Waals surface area contributed by atoms with Crippen molar-refractivity contribution in [3.63, 3.8) is 0 Å². The zero-order chi connectivity index (χ0) is 13.1. The number of aromatic hydroxyl groups is 1. The van der Waals surface area contributed by atoms with Crippen LogP contribution in [-0.4, -0.2) is 16.0 Å². The summed E-state index contributed by atoms with van der Waals surface area (Å²) in [6.45, 7) is 1.88. The predicted octanol–water partition coefficient (Wildman–Crippen LogP) is 2.94. The van der Waals surface area contributed by atoms with Gasteiger partial charge in [-0.3, -0.25) is 4.79 Å². The fourth-order valence-corrected chi connectivity index (χ4v) is 2.43. The second-order valence-electron chi connectivity index (χ2n) is 3.73. The molecular weight excluding hydrogens is 363 g/mol. The van der Waals surface area contributed by atoms with Crippen LogP contribution in [0, 0.1) is 3.57 Å². The molecule has 2 aromatic rings. The molecule has 0 radical (unpaired) electrons. The van der Waals surface area contributed by atoms with Crippen molar-refractivity contribution < 1.29 is 9.90 Å². The minimum absolute atomic E-state index is 0.116. The van der Waals surface area contributed by atoms with E-state index in [9.17, 15) is 9.90 Å². The van der Waals surface area contributed by atoms with Crippen molar-refractivity contribution in [3.8, 4) is 5.75 Å². The first-order valence-electron chi connectivity index (χ1n) is 5.26. The lowest BCUT2D eigenvalue weighted by molar-refractivity contribution is 0.0939. The van der Waals surface area contributed by atoms with E-state index in [0.29, 0.717) is 5.56 Å². The Balaban J connectivity index is 2.10. The van der Waals surface area contributed by atoms with Gasteiger partial charge < -0.3 is 10.4 Å². The van der Waals surface area contributed by atoms with Crippen molar-refractivity contribution >= 4 is 39.8 Å². The lowest BCUT2D eigenvalue weighted by atomic mass is 10.2. The SMILES string of the molecule is CC(NC(=O)c1ccc(I)c(O)c1)c1nccs1. The Kier molecular flexibility index (Phi) is 4.18. The molecule has 6 heteroatoms. The summed E-state index contributed by atoms with van der Waals surface area (Å²) in [5.74, 6) is -0.102. The van der Waals surface area contributed by atoms with Crippen LogP contribution in [0.5, 0.6) is 5.75 Å². The van der Waals surface area contributed by atoms with Gasteiger partial charge in [0.15, 0.2) is 0 Å². The zero-order valence-corrected chi connectivity index (χ0v) is 12.5. The van der Waals surface area contributed by atoms with Crippen molar-refractivity contribution in [2.75, 3.05) is 0 Å². The van der Waals surface area contributed by atoms with Gasteiger partial charge in [-0.25, -0.2) is 4.98 Å². The summed E-state index contributed by atoms with van der Waals surface area (Å²) in [6, 6.07) is 4.72. The largest absolute Gasteiger partial charge is 0.507 e. The third kappa shape index (κ3) is 2.99. The molecule has 0 aliphatic rings. The van der Waals surface area contributed by atoms with E-state index in [0.717, 1.165) is 8.58 Å². The van der Waals surface area contributed by atoms with Crippen molar-refractivity contribution in [1.82, 2.24) is 10.3 Å². The van der Waals surface area contributed by atoms with E-state index in [1.54, 1.807) is 18.3 Å². The molecule has 2 N–H and O–H groups in total. The second-order valence-corrected chi connectivity index (χ2v) is 5.82. The zero-order valence-electron chi connectivity index (χ0n) is 9.55. The Hall–Kier alpha value is -1.15. The Bertz CT molecular complexity index is 557. The molecular formula is C12H11IN2O2S. The van der Waals surface area contributed by atoms with E-state index in [4.69, 9.17) is 0 Å². The summed E-state index contributed by atoms with van der Waals surface area (Å²) in [4.78, 5) is 16.1. The van der Waals surface area contributed by atoms with Gasteiger partial charge in [-0.05, 0) is 47.7 Å². The summed E-state index contributed by atoms with van der Waals surface area (Å²) in [5.41, 5.74) is 0.441. The van der Waals surface area contributed by atoms with E-state index in [1.807, 2.05) is 34.9 Å². The highest BCUT2D eigenvalue weighted by atomic mass is 127. The molecule has 18 heavy (non-hydrogen) atoms. The molecule has 1 aromatic carbocycles. The maximum absolute atomic E-state index is 12.0. The number of nitrogens with zero attached hydrogens (tertiary/aromatic N) is 1. The summed E-state index contributed by atoms with van der Waals surface area (Å²) in [6.07, 6.45) is 1.71. The van der Waals surface area contributed by atoms with Crippen LogP contribution in [0.2, 0.25) is 0 Å². The number of halogens is 1. The third-order valence-electron chi connectivity index (χ3n) is 2.38. The quantitative estimate of drug-likeness (QED) is 0.813. The van der Waals surface area contributed by atoms with E-state index < -0.39 is 0 Å². The molecule has 0 spiro atoms. The molecule has 1 aromatic heterocycles. The molecule has 4 nitrogen and oxygen atoms in total. The van der Waals surface area contributed by atoms with Gasteiger partial charge in [0, 0.05) is 17.1 Å². The molecule has 0 saturated carbocycles. The highest BCUT2D eigenvalue weighted by Crippen LogP contribution is 2.21. The summed E-state index contributed by atoms with van der Waals surface area (Å²) in [5, 5.41) is 15.1. The van der Waals surface area contributed by atoms with Crippen molar-refractivity contribution in [1.29, 1.82) is 0 Å². The van der Waals surface area contributed by atoms with E-state index in [2.05, 4.69) is 10.3 Å². The molecule has 0 bridgehead atoms. The van der Waals surface area contributed by atoms with Gasteiger partial charge in [-0.1, -0.05) is 0 Å².